The Bertz CT molecular complexity index is 601. The number of rotatable bonds is 1. The number of anilines is 1. The number of benzene rings is 1. The van der Waals surface area contributed by atoms with E-state index in [-0.39, 0.29) is 11.8 Å². The Morgan fingerprint density at radius 3 is 2.72 bits per heavy atom. The molecule has 1 aliphatic carbocycles. The third kappa shape index (κ3) is 1.71. The molecule has 1 aromatic carbocycles. The topological polar surface area (TPSA) is 32.7 Å². The molecule has 0 bridgehead atoms. The zero-order valence-electron chi connectivity index (χ0n) is 9.48. The molecule has 1 heterocycles. The Balaban J connectivity index is 2.06. The van der Waals surface area contributed by atoms with Gasteiger partial charge in [-0.25, -0.2) is 4.99 Å². The minimum atomic E-state index is -0.318. The lowest BCUT2D eigenvalue weighted by Gasteiger charge is -2.30. The minimum Gasteiger partial charge on any atom is -0.273 e. The summed E-state index contributed by atoms with van der Waals surface area (Å²) in [4.78, 5) is 18.3. The van der Waals surface area contributed by atoms with Gasteiger partial charge in [-0.2, -0.15) is 0 Å². The second kappa shape index (κ2) is 4.31. The number of carbonyl (C=O) groups excluding carboxylic acids is 1. The Morgan fingerprint density at radius 1 is 1.17 bits per heavy atom. The molecular weight excluding hydrogens is 244 g/mol. The van der Waals surface area contributed by atoms with Gasteiger partial charge in [-0.15, -0.1) is 0 Å². The van der Waals surface area contributed by atoms with E-state index in [2.05, 4.69) is 4.99 Å². The van der Waals surface area contributed by atoms with Gasteiger partial charge in [-0.1, -0.05) is 36.4 Å². The molecule has 1 aromatic rings. The molecule has 0 aromatic heterocycles. The average molecular weight is 254 g/mol. The zero-order valence-corrected chi connectivity index (χ0v) is 10.3. The molecule has 1 aliphatic heterocycles. The van der Waals surface area contributed by atoms with Crippen molar-refractivity contribution in [3.05, 3.63) is 54.6 Å². The van der Waals surface area contributed by atoms with Gasteiger partial charge in [0.15, 0.2) is 0 Å². The standard InChI is InChI=1S/C14H10N2OS/c17-13-11-8-4-5-9-12(11)15-14(18)16(13)10-6-2-1-3-7-10/h1-9,11H. The fourth-order valence-electron chi connectivity index (χ4n) is 2.06. The van der Waals surface area contributed by atoms with Gasteiger partial charge in [0.05, 0.1) is 17.3 Å². The average Bonchev–Trinajstić information content (AvgIpc) is 2.40. The molecule has 18 heavy (non-hydrogen) atoms. The van der Waals surface area contributed by atoms with Gasteiger partial charge < -0.3 is 0 Å². The Hall–Kier alpha value is -2.07. The van der Waals surface area contributed by atoms with E-state index in [0.29, 0.717) is 5.11 Å². The van der Waals surface area contributed by atoms with E-state index in [9.17, 15) is 4.79 Å². The molecule has 1 atom stereocenters. The SMILES string of the molecule is O=C1C2C=CC=CC2=NC(=S)N1c1ccccc1. The fraction of sp³-hybridized carbons (Fsp3) is 0.0714. The summed E-state index contributed by atoms with van der Waals surface area (Å²) in [6.07, 6.45) is 7.40. The maximum absolute atomic E-state index is 12.4. The maximum Gasteiger partial charge on any atom is 0.246 e. The third-order valence-electron chi connectivity index (χ3n) is 2.92. The first-order chi connectivity index (χ1) is 8.77. The summed E-state index contributed by atoms with van der Waals surface area (Å²) in [6.45, 7) is 0. The van der Waals surface area contributed by atoms with Gasteiger partial charge in [0.2, 0.25) is 11.0 Å². The molecule has 88 valence electrons. The van der Waals surface area contributed by atoms with Crippen molar-refractivity contribution >= 4 is 34.6 Å². The van der Waals surface area contributed by atoms with E-state index >= 15 is 0 Å². The first-order valence-corrected chi connectivity index (χ1v) is 6.04. The summed E-state index contributed by atoms with van der Waals surface area (Å²) in [5.41, 5.74) is 1.48. The van der Waals surface area contributed by atoms with E-state index in [0.717, 1.165) is 11.4 Å². The van der Waals surface area contributed by atoms with Gasteiger partial charge in [-0.05, 0) is 30.4 Å². The fourth-order valence-corrected chi connectivity index (χ4v) is 2.36. The second-order valence-corrected chi connectivity index (χ2v) is 4.42. The van der Waals surface area contributed by atoms with E-state index < -0.39 is 0 Å². The minimum absolute atomic E-state index is 0.0446. The quantitative estimate of drug-likeness (QED) is 0.721. The molecular formula is C14H10N2OS. The van der Waals surface area contributed by atoms with Crippen molar-refractivity contribution in [3.8, 4) is 0 Å². The molecule has 0 saturated heterocycles. The summed E-state index contributed by atoms with van der Waals surface area (Å²) in [6, 6.07) is 9.36. The van der Waals surface area contributed by atoms with Gasteiger partial charge >= 0.3 is 0 Å². The third-order valence-corrected chi connectivity index (χ3v) is 3.19. The highest BCUT2D eigenvalue weighted by Gasteiger charge is 2.34. The van der Waals surface area contributed by atoms with Gasteiger partial charge in [0.25, 0.3) is 0 Å². The summed E-state index contributed by atoms with van der Waals surface area (Å²) in [5.74, 6) is -0.362. The number of thiocarbonyl (C=S) groups is 1. The number of hydrogen-bond acceptors (Lipinski definition) is 2. The van der Waals surface area contributed by atoms with Crippen LogP contribution in [0, 0.1) is 5.92 Å². The molecule has 0 radical (unpaired) electrons. The first kappa shape index (κ1) is 11.0. The van der Waals surface area contributed by atoms with Gasteiger partial charge in [0, 0.05) is 0 Å². The number of amides is 1. The number of carbonyl (C=O) groups is 1. The lowest BCUT2D eigenvalue weighted by Crippen LogP contribution is -2.46. The van der Waals surface area contributed by atoms with Crippen LogP contribution in [-0.2, 0) is 4.79 Å². The van der Waals surface area contributed by atoms with Crippen LogP contribution in [0.25, 0.3) is 0 Å². The predicted octanol–water partition coefficient (Wildman–Crippen LogP) is 2.50. The predicted molar refractivity (Wildman–Crippen MR) is 75.7 cm³/mol. The largest absolute Gasteiger partial charge is 0.273 e. The van der Waals surface area contributed by atoms with E-state index in [1.165, 1.54) is 4.90 Å². The van der Waals surface area contributed by atoms with Crippen LogP contribution in [0.3, 0.4) is 0 Å². The molecule has 0 N–H and O–H groups in total. The molecule has 4 heteroatoms. The van der Waals surface area contributed by atoms with E-state index in [1.54, 1.807) is 0 Å². The molecule has 0 spiro atoms. The van der Waals surface area contributed by atoms with Crippen LogP contribution in [0.4, 0.5) is 5.69 Å². The van der Waals surface area contributed by atoms with Crippen molar-refractivity contribution in [2.24, 2.45) is 10.9 Å². The molecule has 3 nitrogen and oxygen atoms in total. The Labute approximate surface area is 110 Å². The van der Waals surface area contributed by atoms with Crippen LogP contribution < -0.4 is 4.90 Å². The number of para-hydroxylation sites is 1. The Morgan fingerprint density at radius 2 is 1.94 bits per heavy atom. The van der Waals surface area contributed by atoms with Crippen LogP contribution in [0.1, 0.15) is 0 Å². The lowest BCUT2D eigenvalue weighted by atomic mass is 9.95. The second-order valence-electron chi connectivity index (χ2n) is 4.05. The van der Waals surface area contributed by atoms with Crippen molar-refractivity contribution in [1.29, 1.82) is 0 Å². The van der Waals surface area contributed by atoms with Crippen LogP contribution in [0.15, 0.2) is 59.6 Å². The van der Waals surface area contributed by atoms with Gasteiger partial charge in [-0.3, -0.25) is 9.69 Å². The lowest BCUT2D eigenvalue weighted by molar-refractivity contribution is -0.118. The van der Waals surface area contributed by atoms with Crippen molar-refractivity contribution in [1.82, 2.24) is 0 Å². The van der Waals surface area contributed by atoms with Crippen LogP contribution in [0.5, 0.6) is 0 Å². The van der Waals surface area contributed by atoms with Crippen LogP contribution in [0.2, 0.25) is 0 Å². The number of aliphatic imine (C=N–C) groups is 1. The summed E-state index contributed by atoms with van der Waals surface area (Å²) in [7, 11) is 0. The van der Waals surface area contributed by atoms with Crippen LogP contribution >= 0.6 is 12.2 Å². The van der Waals surface area contributed by atoms with Crippen LogP contribution in [-0.4, -0.2) is 16.7 Å². The highest BCUT2D eigenvalue weighted by molar-refractivity contribution is 7.80. The Kier molecular flexibility index (Phi) is 2.64. The summed E-state index contributed by atoms with van der Waals surface area (Å²) < 4.78 is 0. The zero-order chi connectivity index (χ0) is 12.5. The van der Waals surface area contributed by atoms with Crippen molar-refractivity contribution in [2.75, 3.05) is 4.90 Å². The molecule has 0 saturated carbocycles. The van der Waals surface area contributed by atoms with Gasteiger partial charge in [0.1, 0.15) is 0 Å². The smallest absolute Gasteiger partial charge is 0.246 e. The highest BCUT2D eigenvalue weighted by Crippen LogP contribution is 2.25. The van der Waals surface area contributed by atoms with Crippen molar-refractivity contribution in [3.63, 3.8) is 0 Å². The number of allylic oxidation sites excluding steroid dienone is 3. The van der Waals surface area contributed by atoms with E-state index in [1.807, 2.05) is 54.6 Å². The number of hydrogen-bond donors (Lipinski definition) is 0. The normalized spacial score (nSPS) is 21.9. The summed E-state index contributed by atoms with van der Waals surface area (Å²) in [5, 5.41) is 0.303. The highest BCUT2D eigenvalue weighted by atomic mass is 32.1. The van der Waals surface area contributed by atoms with Crippen molar-refractivity contribution < 1.29 is 4.79 Å². The monoisotopic (exact) mass is 254 g/mol. The number of fused-ring (bicyclic) bond motifs is 1. The maximum atomic E-state index is 12.4. The van der Waals surface area contributed by atoms with Crippen molar-refractivity contribution in [2.45, 2.75) is 0 Å². The number of nitrogens with zero attached hydrogens (tertiary/aromatic N) is 2. The molecule has 2 aliphatic rings. The molecule has 0 fully saturated rings. The first-order valence-electron chi connectivity index (χ1n) is 5.64. The summed E-state index contributed by atoms with van der Waals surface area (Å²) >= 11 is 5.21. The molecule has 3 rings (SSSR count). The van der Waals surface area contributed by atoms with E-state index in [4.69, 9.17) is 12.2 Å². The molecule has 1 unspecified atom stereocenters. The molecule has 1 amide bonds.